The maximum Gasteiger partial charge on any atom is 0.305 e. The summed E-state index contributed by atoms with van der Waals surface area (Å²) in [5.74, 6) is 0.680. The Morgan fingerprint density at radius 1 is 0.667 bits per heavy atom. The molecular weight excluding hydrogens is 332 g/mol. The normalized spacial score (nSPS) is 15.1. The van der Waals surface area contributed by atoms with Crippen molar-refractivity contribution >= 4 is 5.97 Å². The van der Waals surface area contributed by atoms with Crippen LogP contribution < -0.4 is 0 Å². The van der Waals surface area contributed by atoms with Gasteiger partial charge in [-0.3, -0.25) is 4.79 Å². The lowest BCUT2D eigenvalue weighted by Crippen LogP contribution is -2.16. The number of hydrogen-bond acceptors (Lipinski definition) is 2. The molecule has 0 spiro atoms. The monoisotopic (exact) mass is 380 g/mol. The zero-order valence-electron chi connectivity index (χ0n) is 18.5. The Labute approximate surface area is 170 Å². The number of esters is 1. The van der Waals surface area contributed by atoms with E-state index in [2.05, 4.69) is 6.92 Å². The predicted molar refractivity (Wildman–Crippen MR) is 117 cm³/mol. The highest BCUT2D eigenvalue weighted by atomic mass is 16.5. The van der Waals surface area contributed by atoms with Crippen LogP contribution in [0, 0.1) is 5.92 Å². The second-order valence-electron chi connectivity index (χ2n) is 8.89. The number of ether oxygens (including phenoxy) is 1. The second-order valence-corrected chi connectivity index (χ2v) is 8.89. The van der Waals surface area contributed by atoms with E-state index in [-0.39, 0.29) is 5.97 Å². The van der Waals surface area contributed by atoms with Crippen LogP contribution in [0.1, 0.15) is 142 Å². The van der Waals surface area contributed by atoms with Gasteiger partial charge in [0.15, 0.2) is 0 Å². The van der Waals surface area contributed by atoms with Gasteiger partial charge < -0.3 is 4.74 Å². The van der Waals surface area contributed by atoms with Gasteiger partial charge in [-0.15, -0.1) is 0 Å². The zero-order chi connectivity index (χ0) is 19.4. The van der Waals surface area contributed by atoms with Crippen molar-refractivity contribution in [2.24, 2.45) is 5.92 Å². The highest BCUT2D eigenvalue weighted by Crippen LogP contribution is 2.23. The van der Waals surface area contributed by atoms with E-state index in [1.165, 1.54) is 122 Å². The maximum absolute atomic E-state index is 11.8. The molecule has 1 aliphatic carbocycles. The molecule has 0 saturated heterocycles. The third kappa shape index (κ3) is 16.2. The van der Waals surface area contributed by atoms with E-state index < -0.39 is 0 Å². The van der Waals surface area contributed by atoms with Crippen LogP contribution in [-0.2, 0) is 9.53 Å². The first-order valence-corrected chi connectivity index (χ1v) is 12.5. The van der Waals surface area contributed by atoms with Gasteiger partial charge in [-0.05, 0) is 25.2 Å². The van der Waals surface area contributed by atoms with Gasteiger partial charge in [-0.2, -0.15) is 0 Å². The summed E-state index contributed by atoms with van der Waals surface area (Å²) in [5, 5.41) is 0. The van der Waals surface area contributed by atoms with Crippen molar-refractivity contribution in [3.63, 3.8) is 0 Å². The minimum Gasteiger partial charge on any atom is -0.465 e. The molecule has 2 heteroatoms. The van der Waals surface area contributed by atoms with Gasteiger partial charge in [0, 0.05) is 6.42 Å². The summed E-state index contributed by atoms with van der Waals surface area (Å²) in [7, 11) is 0. The van der Waals surface area contributed by atoms with E-state index in [0.29, 0.717) is 18.9 Å². The van der Waals surface area contributed by atoms with E-state index >= 15 is 0 Å². The maximum atomic E-state index is 11.8. The predicted octanol–water partition coefficient (Wildman–Crippen LogP) is 8.37. The number of carbonyl (C=O) groups excluding carboxylic acids is 1. The first kappa shape index (κ1) is 24.5. The molecule has 1 fully saturated rings. The highest BCUT2D eigenvalue weighted by molar-refractivity contribution is 5.69. The lowest BCUT2D eigenvalue weighted by Gasteiger charge is -2.20. The minimum absolute atomic E-state index is 0.0373. The molecule has 0 atom stereocenters. The van der Waals surface area contributed by atoms with Gasteiger partial charge in [0.25, 0.3) is 0 Å². The second kappa shape index (κ2) is 18.8. The Morgan fingerprint density at radius 3 is 1.59 bits per heavy atom. The molecule has 0 aromatic heterocycles. The van der Waals surface area contributed by atoms with Crippen LogP contribution >= 0.6 is 0 Å². The molecule has 0 bridgehead atoms. The average Bonchev–Trinajstić information content (AvgIpc) is 2.70. The molecule has 0 heterocycles. The molecule has 1 aliphatic rings. The van der Waals surface area contributed by atoms with Crippen molar-refractivity contribution in [3.8, 4) is 0 Å². The van der Waals surface area contributed by atoms with Crippen molar-refractivity contribution in [3.05, 3.63) is 0 Å². The summed E-state index contributed by atoms with van der Waals surface area (Å²) in [4.78, 5) is 11.8. The van der Waals surface area contributed by atoms with Crippen molar-refractivity contribution in [1.29, 1.82) is 0 Å². The first-order chi connectivity index (χ1) is 13.3. The molecule has 0 radical (unpaired) electrons. The molecule has 2 nitrogen and oxygen atoms in total. The molecule has 0 amide bonds. The first-order valence-electron chi connectivity index (χ1n) is 12.5. The summed E-state index contributed by atoms with van der Waals surface area (Å²) >= 11 is 0. The van der Waals surface area contributed by atoms with E-state index in [0.717, 1.165) is 6.42 Å². The topological polar surface area (TPSA) is 26.3 Å². The molecule has 0 aliphatic heterocycles. The average molecular weight is 381 g/mol. The molecule has 1 rings (SSSR count). The van der Waals surface area contributed by atoms with Gasteiger partial charge in [0.1, 0.15) is 0 Å². The van der Waals surface area contributed by atoms with Crippen molar-refractivity contribution in [2.45, 2.75) is 142 Å². The fourth-order valence-electron chi connectivity index (χ4n) is 4.28. The molecule has 1 saturated carbocycles. The van der Waals surface area contributed by atoms with Gasteiger partial charge in [-0.1, -0.05) is 116 Å². The van der Waals surface area contributed by atoms with Gasteiger partial charge >= 0.3 is 5.97 Å². The van der Waals surface area contributed by atoms with E-state index in [1.54, 1.807) is 0 Å². The molecule has 0 aromatic rings. The summed E-state index contributed by atoms with van der Waals surface area (Å²) in [6.45, 7) is 2.96. The van der Waals surface area contributed by atoms with Crippen LogP contribution in [-0.4, -0.2) is 12.6 Å². The number of rotatable bonds is 18. The molecule has 0 aromatic carbocycles. The van der Waals surface area contributed by atoms with Crippen molar-refractivity contribution in [1.82, 2.24) is 0 Å². The third-order valence-electron chi connectivity index (χ3n) is 6.19. The molecule has 27 heavy (non-hydrogen) atoms. The largest absolute Gasteiger partial charge is 0.465 e. The van der Waals surface area contributed by atoms with Crippen LogP contribution in [0.15, 0.2) is 0 Å². The van der Waals surface area contributed by atoms with E-state index in [1.807, 2.05) is 0 Å². The Bertz CT molecular complexity index is 320. The fraction of sp³-hybridized carbons (Fsp3) is 0.960. The van der Waals surface area contributed by atoms with Gasteiger partial charge in [0.05, 0.1) is 6.61 Å². The highest BCUT2D eigenvalue weighted by Gasteiger charge is 2.15. The quantitative estimate of drug-likeness (QED) is 0.176. The standard InChI is InChI=1S/C25H48O2/c1-2-3-4-5-6-7-8-9-10-11-12-13-14-15-19-22-25(26)27-23-24-20-17-16-18-21-24/h24H,2-23H2,1H3. The third-order valence-corrected chi connectivity index (χ3v) is 6.19. The van der Waals surface area contributed by atoms with E-state index in [4.69, 9.17) is 4.74 Å². The van der Waals surface area contributed by atoms with Gasteiger partial charge in [0.2, 0.25) is 0 Å². The summed E-state index contributed by atoms with van der Waals surface area (Å²) in [6, 6.07) is 0. The number of unbranched alkanes of at least 4 members (excludes halogenated alkanes) is 14. The Balaban J connectivity index is 1.73. The van der Waals surface area contributed by atoms with Crippen LogP contribution in [0.25, 0.3) is 0 Å². The molecular formula is C25H48O2. The lowest BCUT2D eigenvalue weighted by atomic mass is 9.90. The molecule has 0 N–H and O–H groups in total. The van der Waals surface area contributed by atoms with Crippen LogP contribution in [0.2, 0.25) is 0 Å². The van der Waals surface area contributed by atoms with Crippen LogP contribution in [0.3, 0.4) is 0 Å². The van der Waals surface area contributed by atoms with Crippen molar-refractivity contribution in [2.75, 3.05) is 6.61 Å². The zero-order valence-corrected chi connectivity index (χ0v) is 18.5. The lowest BCUT2D eigenvalue weighted by molar-refractivity contribution is -0.145. The van der Waals surface area contributed by atoms with Gasteiger partial charge in [-0.25, -0.2) is 0 Å². The van der Waals surface area contributed by atoms with E-state index in [9.17, 15) is 4.79 Å². The SMILES string of the molecule is CCCCCCCCCCCCCCCCCC(=O)OCC1CCCCC1. The Morgan fingerprint density at radius 2 is 1.11 bits per heavy atom. The molecule has 0 unspecified atom stereocenters. The van der Waals surface area contributed by atoms with Crippen LogP contribution in [0.5, 0.6) is 0 Å². The summed E-state index contributed by atoms with van der Waals surface area (Å²) < 4.78 is 5.46. The molecule has 160 valence electrons. The number of carbonyl (C=O) groups is 1. The Hall–Kier alpha value is -0.530. The van der Waals surface area contributed by atoms with Crippen LogP contribution in [0.4, 0.5) is 0 Å². The summed E-state index contributed by atoms with van der Waals surface area (Å²) in [6.07, 6.45) is 27.6. The minimum atomic E-state index is 0.0373. The Kier molecular flexibility index (Phi) is 17.1. The van der Waals surface area contributed by atoms with Crippen molar-refractivity contribution < 1.29 is 9.53 Å². The smallest absolute Gasteiger partial charge is 0.305 e. The number of hydrogen-bond donors (Lipinski definition) is 0. The fourth-order valence-corrected chi connectivity index (χ4v) is 4.28. The summed E-state index contributed by atoms with van der Waals surface area (Å²) in [5.41, 5.74) is 0.